The van der Waals surface area contributed by atoms with E-state index in [1.54, 1.807) is 0 Å². The highest BCUT2D eigenvalue weighted by molar-refractivity contribution is 6.90. The van der Waals surface area contributed by atoms with Gasteiger partial charge >= 0.3 is 0 Å². The molecule has 0 aliphatic carbocycles. The van der Waals surface area contributed by atoms with E-state index in [9.17, 15) is 4.79 Å². The number of carbonyl (C=O) groups excluding carboxylic acids is 1. The SMILES string of the molecule is C[Si]1(C)CCC(c2ccccc2)C(=O)Cc2ccccc21. The van der Waals surface area contributed by atoms with Crippen molar-refractivity contribution in [2.24, 2.45) is 0 Å². The van der Waals surface area contributed by atoms with Gasteiger partial charge in [-0.25, -0.2) is 0 Å². The molecule has 0 saturated carbocycles. The Hall–Kier alpha value is -1.67. The second-order valence-corrected chi connectivity index (χ2v) is 11.5. The van der Waals surface area contributed by atoms with E-state index in [2.05, 4.69) is 49.5 Å². The van der Waals surface area contributed by atoms with Gasteiger partial charge in [-0.05, 0) is 17.5 Å². The Kier molecular flexibility index (Phi) is 3.81. The van der Waals surface area contributed by atoms with Crippen LogP contribution in [-0.4, -0.2) is 13.9 Å². The Morgan fingerprint density at radius 1 is 0.952 bits per heavy atom. The number of hydrogen-bond donors (Lipinski definition) is 0. The highest BCUT2D eigenvalue weighted by Crippen LogP contribution is 2.30. The summed E-state index contributed by atoms with van der Waals surface area (Å²) in [6, 6.07) is 20.1. The Morgan fingerprint density at radius 3 is 2.38 bits per heavy atom. The highest BCUT2D eigenvalue weighted by Gasteiger charge is 2.32. The molecular formula is C19H22OSi. The van der Waals surface area contributed by atoms with Gasteiger partial charge in [-0.3, -0.25) is 4.79 Å². The molecule has 2 aromatic carbocycles. The van der Waals surface area contributed by atoms with Crippen molar-refractivity contribution in [1.82, 2.24) is 0 Å². The number of rotatable bonds is 1. The molecule has 2 heteroatoms. The zero-order chi connectivity index (χ0) is 14.9. The smallest absolute Gasteiger partial charge is 0.144 e. The van der Waals surface area contributed by atoms with Crippen LogP contribution in [0.3, 0.4) is 0 Å². The number of hydrogen-bond acceptors (Lipinski definition) is 1. The van der Waals surface area contributed by atoms with E-state index >= 15 is 0 Å². The van der Waals surface area contributed by atoms with Crippen LogP contribution < -0.4 is 5.19 Å². The van der Waals surface area contributed by atoms with Crippen molar-refractivity contribution >= 4 is 19.0 Å². The number of Topliss-reactive ketones (excluding diaryl/α,β-unsaturated/α-hetero) is 1. The fourth-order valence-corrected chi connectivity index (χ4v) is 6.35. The second kappa shape index (κ2) is 5.61. The summed E-state index contributed by atoms with van der Waals surface area (Å²) < 4.78 is 0. The molecule has 1 aliphatic heterocycles. The summed E-state index contributed by atoms with van der Waals surface area (Å²) in [6.45, 7) is 4.87. The fraction of sp³-hybridized carbons (Fsp3) is 0.316. The first-order chi connectivity index (χ1) is 10.1. The van der Waals surface area contributed by atoms with Crippen molar-refractivity contribution in [3.63, 3.8) is 0 Å². The van der Waals surface area contributed by atoms with Gasteiger partial charge in [-0.15, -0.1) is 0 Å². The fourth-order valence-electron chi connectivity index (χ4n) is 3.48. The Labute approximate surface area is 128 Å². The van der Waals surface area contributed by atoms with Gasteiger partial charge in [0.1, 0.15) is 5.78 Å². The van der Waals surface area contributed by atoms with Crippen molar-refractivity contribution in [3.8, 4) is 0 Å². The van der Waals surface area contributed by atoms with Gasteiger partial charge in [0.05, 0.1) is 8.07 Å². The predicted molar refractivity (Wildman–Crippen MR) is 90.9 cm³/mol. The molecule has 1 aliphatic rings. The third-order valence-electron chi connectivity index (χ3n) is 4.76. The van der Waals surface area contributed by atoms with Crippen LogP contribution in [0.1, 0.15) is 23.5 Å². The van der Waals surface area contributed by atoms with Crippen molar-refractivity contribution in [2.75, 3.05) is 0 Å². The quantitative estimate of drug-likeness (QED) is 0.729. The summed E-state index contributed by atoms with van der Waals surface area (Å²) in [5, 5.41) is 1.48. The number of carbonyl (C=O) groups is 1. The van der Waals surface area contributed by atoms with Crippen molar-refractivity contribution in [1.29, 1.82) is 0 Å². The average Bonchev–Trinajstić information content (AvgIpc) is 2.48. The lowest BCUT2D eigenvalue weighted by molar-refractivity contribution is -0.119. The maximum Gasteiger partial charge on any atom is 0.144 e. The highest BCUT2D eigenvalue weighted by atomic mass is 28.3. The molecule has 0 bridgehead atoms. The first-order valence-electron chi connectivity index (χ1n) is 7.74. The first-order valence-corrected chi connectivity index (χ1v) is 10.9. The lowest BCUT2D eigenvalue weighted by Crippen LogP contribution is -2.45. The average molecular weight is 294 g/mol. The van der Waals surface area contributed by atoms with Crippen LogP contribution >= 0.6 is 0 Å². The topological polar surface area (TPSA) is 17.1 Å². The predicted octanol–water partition coefficient (Wildman–Crippen LogP) is 3.90. The summed E-state index contributed by atoms with van der Waals surface area (Å²) in [6.07, 6.45) is 1.59. The summed E-state index contributed by atoms with van der Waals surface area (Å²) in [5.74, 6) is 0.449. The number of benzene rings is 2. The zero-order valence-electron chi connectivity index (χ0n) is 12.8. The van der Waals surface area contributed by atoms with Crippen LogP contribution in [0.5, 0.6) is 0 Å². The molecule has 0 amide bonds. The molecule has 3 rings (SSSR count). The molecule has 1 atom stereocenters. The molecule has 21 heavy (non-hydrogen) atoms. The standard InChI is InChI=1S/C19H22OSi/c1-21(2)13-12-17(15-8-4-3-5-9-15)18(20)14-16-10-6-7-11-19(16)21/h3-11,17H,12-14H2,1-2H3. The molecule has 1 heterocycles. The minimum absolute atomic E-state index is 0.0753. The van der Waals surface area contributed by atoms with Crippen LogP contribution in [-0.2, 0) is 11.2 Å². The van der Waals surface area contributed by atoms with E-state index in [0.717, 1.165) is 6.42 Å². The van der Waals surface area contributed by atoms with Gasteiger partial charge in [0.2, 0.25) is 0 Å². The monoisotopic (exact) mass is 294 g/mol. The maximum atomic E-state index is 12.8. The summed E-state index contributed by atoms with van der Waals surface area (Å²) >= 11 is 0. The summed E-state index contributed by atoms with van der Waals surface area (Å²) in [4.78, 5) is 12.8. The van der Waals surface area contributed by atoms with Crippen LogP contribution in [0.25, 0.3) is 0 Å². The van der Waals surface area contributed by atoms with E-state index in [4.69, 9.17) is 0 Å². The van der Waals surface area contributed by atoms with Crippen LogP contribution in [0.4, 0.5) is 0 Å². The molecule has 0 aromatic heterocycles. The largest absolute Gasteiger partial charge is 0.299 e. The van der Waals surface area contributed by atoms with Crippen LogP contribution in [0.15, 0.2) is 54.6 Å². The van der Waals surface area contributed by atoms with E-state index < -0.39 is 8.07 Å². The molecule has 0 spiro atoms. The van der Waals surface area contributed by atoms with Gasteiger partial charge in [0.15, 0.2) is 0 Å². The third-order valence-corrected chi connectivity index (χ3v) is 8.24. The van der Waals surface area contributed by atoms with Crippen molar-refractivity contribution in [2.45, 2.75) is 37.9 Å². The van der Waals surface area contributed by atoms with Gasteiger partial charge in [0, 0.05) is 12.3 Å². The number of ketones is 1. The molecule has 108 valence electrons. The molecule has 0 radical (unpaired) electrons. The minimum Gasteiger partial charge on any atom is -0.299 e. The van der Waals surface area contributed by atoms with E-state index in [1.807, 2.05) is 18.2 Å². The zero-order valence-corrected chi connectivity index (χ0v) is 13.8. The molecule has 0 saturated heterocycles. The van der Waals surface area contributed by atoms with Gasteiger partial charge < -0.3 is 0 Å². The Balaban J connectivity index is 2.00. The maximum absolute atomic E-state index is 12.8. The number of fused-ring (bicyclic) bond motifs is 1. The van der Waals surface area contributed by atoms with E-state index in [1.165, 1.54) is 22.4 Å². The van der Waals surface area contributed by atoms with Crippen LogP contribution in [0.2, 0.25) is 19.1 Å². The second-order valence-electron chi connectivity index (χ2n) is 6.69. The molecule has 0 fully saturated rings. The normalized spacial score (nSPS) is 21.2. The summed E-state index contributed by atoms with van der Waals surface area (Å²) in [5.41, 5.74) is 2.45. The van der Waals surface area contributed by atoms with E-state index in [0.29, 0.717) is 12.2 Å². The first kappa shape index (κ1) is 14.3. The van der Waals surface area contributed by atoms with Gasteiger partial charge in [-0.2, -0.15) is 0 Å². The van der Waals surface area contributed by atoms with Gasteiger partial charge in [0.25, 0.3) is 0 Å². The van der Waals surface area contributed by atoms with Crippen molar-refractivity contribution in [3.05, 3.63) is 65.7 Å². The minimum atomic E-state index is -1.45. The molecule has 2 aromatic rings. The van der Waals surface area contributed by atoms with Gasteiger partial charge in [-0.1, -0.05) is 78.9 Å². The lowest BCUT2D eigenvalue weighted by atomic mass is 9.89. The Bertz CT molecular complexity index is 646. The molecule has 1 nitrogen and oxygen atoms in total. The van der Waals surface area contributed by atoms with E-state index in [-0.39, 0.29) is 5.92 Å². The van der Waals surface area contributed by atoms with Crippen molar-refractivity contribution < 1.29 is 4.79 Å². The third kappa shape index (κ3) is 2.86. The summed E-state index contributed by atoms with van der Waals surface area (Å²) in [7, 11) is -1.45. The Morgan fingerprint density at radius 2 is 1.62 bits per heavy atom. The lowest BCUT2D eigenvalue weighted by Gasteiger charge is -2.31. The molecular weight excluding hydrogens is 272 g/mol. The van der Waals surface area contributed by atoms with Crippen LogP contribution in [0, 0.1) is 0 Å². The molecule has 0 N–H and O–H groups in total. The molecule has 1 unspecified atom stereocenters.